The third-order valence-electron chi connectivity index (χ3n) is 5.81. The van der Waals surface area contributed by atoms with Crippen molar-refractivity contribution in [2.75, 3.05) is 6.61 Å². The standard InChI is InChI=1S/C30H29IO3/c31-28(19-25-15-7-9-17-29(25)33-21-23-11-3-1-4-12-23)27(20-32)26-16-8-10-18-30(26)34-22-24-13-5-2-6-14-24/h1-18,27-28,32H,19-22H2. The van der Waals surface area contributed by atoms with Crippen molar-refractivity contribution < 1.29 is 14.6 Å². The van der Waals surface area contributed by atoms with Crippen LogP contribution in [-0.2, 0) is 19.6 Å². The molecule has 3 nitrogen and oxygen atoms in total. The molecule has 0 aliphatic rings. The topological polar surface area (TPSA) is 38.7 Å². The largest absolute Gasteiger partial charge is 0.489 e. The van der Waals surface area contributed by atoms with E-state index in [0.717, 1.165) is 40.2 Å². The van der Waals surface area contributed by atoms with Gasteiger partial charge >= 0.3 is 0 Å². The lowest BCUT2D eigenvalue weighted by molar-refractivity contribution is 0.253. The summed E-state index contributed by atoms with van der Waals surface area (Å²) in [5.41, 5.74) is 4.43. The molecule has 0 heterocycles. The molecule has 0 saturated heterocycles. The van der Waals surface area contributed by atoms with Gasteiger partial charge in [-0.05, 0) is 35.2 Å². The van der Waals surface area contributed by atoms with Gasteiger partial charge in [-0.15, -0.1) is 0 Å². The second-order valence-corrected chi connectivity index (χ2v) is 9.80. The summed E-state index contributed by atoms with van der Waals surface area (Å²) in [5.74, 6) is 1.65. The third kappa shape index (κ3) is 6.61. The van der Waals surface area contributed by atoms with Crippen LogP contribution in [0.3, 0.4) is 0 Å². The van der Waals surface area contributed by atoms with Crippen LogP contribution in [0, 0.1) is 0 Å². The maximum atomic E-state index is 10.4. The molecule has 0 bridgehead atoms. The van der Waals surface area contributed by atoms with Gasteiger partial charge in [0.2, 0.25) is 0 Å². The lowest BCUT2D eigenvalue weighted by Gasteiger charge is -2.24. The van der Waals surface area contributed by atoms with E-state index in [0.29, 0.717) is 13.2 Å². The van der Waals surface area contributed by atoms with Crippen LogP contribution in [0.25, 0.3) is 0 Å². The van der Waals surface area contributed by atoms with Crippen molar-refractivity contribution in [3.05, 3.63) is 131 Å². The summed E-state index contributed by atoms with van der Waals surface area (Å²) < 4.78 is 12.5. The van der Waals surface area contributed by atoms with E-state index in [2.05, 4.69) is 59.0 Å². The zero-order valence-electron chi connectivity index (χ0n) is 19.0. The SMILES string of the molecule is OCC(c1ccccc1OCc1ccccc1)C(I)Cc1ccccc1OCc1ccccc1. The number of alkyl halides is 1. The van der Waals surface area contributed by atoms with Gasteiger partial charge < -0.3 is 14.6 Å². The van der Waals surface area contributed by atoms with Crippen molar-refractivity contribution in [1.82, 2.24) is 0 Å². The summed E-state index contributed by atoms with van der Waals surface area (Å²) in [6, 6.07) is 36.5. The Morgan fingerprint density at radius 2 is 1.12 bits per heavy atom. The van der Waals surface area contributed by atoms with Crippen molar-refractivity contribution >= 4 is 22.6 Å². The maximum Gasteiger partial charge on any atom is 0.123 e. The third-order valence-corrected chi connectivity index (χ3v) is 7.12. The van der Waals surface area contributed by atoms with Crippen LogP contribution in [-0.4, -0.2) is 15.6 Å². The average Bonchev–Trinajstić information content (AvgIpc) is 2.89. The molecule has 2 atom stereocenters. The van der Waals surface area contributed by atoms with E-state index in [1.165, 1.54) is 0 Å². The molecular formula is C30H29IO3. The molecule has 0 fully saturated rings. The summed E-state index contributed by atoms with van der Waals surface area (Å²) in [6.07, 6.45) is 0.782. The molecule has 34 heavy (non-hydrogen) atoms. The first-order valence-corrected chi connectivity index (χ1v) is 12.7. The van der Waals surface area contributed by atoms with Gasteiger partial charge in [-0.1, -0.05) is 120 Å². The van der Waals surface area contributed by atoms with Crippen molar-refractivity contribution in [2.24, 2.45) is 0 Å². The fraction of sp³-hybridized carbons (Fsp3) is 0.200. The quantitative estimate of drug-likeness (QED) is 0.158. The zero-order chi connectivity index (χ0) is 23.6. The van der Waals surface area contributed by atoms with Gasteiger partial charge in [0.25, 0.3) is 0 Å². The summed E-state index contributed by atoms with van der Waals surface area (Å²) in [5, 5.41) is 10.4. The Hall–Kier alpha value is -2.83. The maximum absolute atomic E-state index is 10.4. The Morgan fingerprint density at radius 3 is 1.74 bits per heavy atom. The lowest BCUT2D eigenvalue weighted by atomic mass is 9.92. The van der Waals surface area contributed by atoms with Crippen LogP contribution in [0.1, 0.15) is 28.2 Å². The van der Waals surface area contributed by atoms with Crippen LogP contribution < -0.4 is 9.47 Å². The fourth-order valence-corrected chi connectivity index (χ4v) is 5.05. The van der Waals surface area contributed by atoms with Gasteiger partial charge in [0.1, 0.15) is 24.7 Å². The first-order valence-electron chi connectivity index (χ1n) is 11.5. The number of benzene rings is 4. The predicted octanol–water partition coefficient (Wildman–Crippen LogP) is 6.97. The molecule has 4 rings (SSSR count). The van der Waals surface area contributed by atoms with Crippen LogP contribution in [0.15, 0.2) is 109 Å². The number of hydrogen-bond donors (Lipinski definition) is 1. The number of rotatable bonds is 11. The van der Waals surface area contributed by atoms with E-state index in [-0.39, 0.29) is 16.4 Å². The van der Waals surface area contributed by atoms with Gasteiger partial charge in [0, 0.05) is 15.4 Å². The van der Waals surface area contributed by atoms with E-state index in [1.54, 1.807) is 0 Å². The highest BCUT2D eigenvalue weighted by molar-refractivity contribution is 14.1. The Balaban J connectivity index is 1.47. The summed E-state index contributed by atoms with van der Waals surface area (Å²) in [7, 11) is 0. The minimum absolute atomic E-state index is 0.0480. The van der Waals surface area contributed by atoms with E-state index in [4.69, 9.17) is 9.47 Å². The molecule has 0 saturated carbocycles. The normalized spacial score (nSPS) is 12.6. The van der Waals surface area contributed by atoms with E-state index >= 15 is 0 Å². The van der Waals surface area contributed by atoms with Crippen LogP contribution in [0.5, 0.6) is 11.5 Å². The van der Waals surface area contributed by atoms with Gasteiger partial charge in [-0.2, -0.15) is 0 Å². The van der Waals surface area contributed by atoms with Crippen molar-refractivity contribution in [3.8, 4) is 11.5 Å². The average molecular weight is 564 g/mol. The number of para-hydroxylation sites is 2. The van der Waals surface area contributed by atoms with Crippen LogP contribution in [0.4, 0.5) is 0 Å². The molecule has 4 aromatic rings. The van der Waals surface area contributed by atoms with Crippen molar-refractivity contribution in [2.45, 2.75) is 29.5 Å². The fourth-order valence-electron chi connectivity index (χ4n) is 3.96. The highest BCUT2D eigenvalue weighted by Crippen LogP contribution is 2.35. The molecule has 0 aliphatic heterocycles. The van der Waals surface area contributed by atoms with Crippen LogP contribution >= 0.6 is 22.6 Å². The van der Waals surface area contributed by atoms with Crippen molar-refractivity contribution in [3.63, 3.8) is 0 Å². The monoisotopic (exact) mass is 564 g/mol. The number of aliphatic hydroxyl groups excluding tert-OH is 1. The van der Waals surface area contributed by atoms with Gasteiger partial charge in [-0.3, -0.25) is 0 Å². The minimum Gasteiger partial charge on any atom is -0.489 e. The first kappa shape index (κ1) is 24.3. The minimum atomic E-state index is -0.0604. The van der Waals surface area contributed by atoms with E-state index < -0.39 is 0 Å². The molecule has 4 aromatic carbocycles. The molecule has 0 radical (unpaired) electrons. The highest BCUT2D eigenvalue weighted by Gasteiger charge is 2.24. The molecular weight excluding hydrogens is 535 g/mol. The lowest BCUT2D eigenvalue weighted by Crippen LogP contribution is -2.20. The summed E-state index contributed by atoms with van der Waals surface area (Å²) >= 11 is 2.45. The molecule has 174 valence electrons. The number of ether oxygens (including phenoxy) is 2. The molecule has 4 heteroatoms. The van der Waals surface area contributed by atoms with Crippen molar-refractivity contribution in [1.29, 1.82) is 0 Å². The predicted molar refractivity (Wildman–Crippen MR) is 146 cm³/mol. The second-order valence-electron chi connectivity index (χ2n) is 8.20. The van der Waals surface area contributed by atoms with Gasteiger partial charge in [-0.25, -0.2) is 0 Å². The Labute approximate surface area is 215 Å². The number of aliphatic hydroxyl groups is 1. The molecule has 2 unspecified atom stereocenters. The summed E-state index contributed by atoms with van der Waals surface area (Å²) in [6.45, 7) is 1.08. The van der Waals surface area contributed by atoms with E-state index in [9.17, 15) is 5.11 Å². The molecule has 1 N–H and O–H groups in total. The highest BCUT2D eigenvalue weighted by atomic mass is 127. The Kier molecular flexibility index (Phi) is 8.99. The number of halogens is 1. The Morgan fingerprint density at radius 1 is 0.618 bits per heavy atom. The summed E-state index contributed by atoms with van der Waals surface area (Å²) in [4.78, 5) is 0. The van der Waals surface area contributed by atoms with E-state index in [1.807, 2.05) is 72.8 Å². The Bertz CT molecular complexity index is 1150. The first-order chi connectivity index (χ1) is 16.7. The number of hydrogen-bond acceptors (Lipinski definition) is 3. The molecule has 0 aromatic heterocycles. The zero-order valence-corrected chi connectivity index (χ0v) is 21.2. The van der Waals surface area contributed by atoms with Gasteiger partial charge in [0.15, 0.2) is 0 Å². The smallest absolute Gasteiger partial charge is 0.123 e. The molecule has 0 amide bonds. The molecule has 0 spiro atoms. The second kappa shape index (κ2) is 12.6. The van der Waals surface area contributed by atoms with Gasteiger partial charge in [0.05, 0.1) is 6.61 Å². The molecule has 0 aliphatic carbocycles. The van der Waals surface area contributed by atoms with Crippen LogP contribution in [0.2, 0.25) is 0 Å².